The van der Waals surface area contributed by atoms with Crippen molar-refractivity contribution in [2.45, 2.75) is 31.8 Å². The van der Waals surface area contributed by atoms with Crippen molar-refractivity contribution < 1.29 is 4.79 Å². The van der Waals surface area contributed by atoms with Crippen LogP contribution in [0, 0.1) is 0 Å². The van der Waals surface area contributed by atoms with E-state index >= 15 is 0 Å². The third-order valence-electron chi connectivity index (χ3n) is 4.53. The van der Waals surface area contributed by atoms with Crippen LogP contribution in [0.25, 0.3) is 0 Å². The minimum atomic E-state index is 0.0774. The lowest BCUT2D eigenvalue weighted by molar-refractivity contribution is 0.188. The van der Waals surface area contributed by atoms with Gasteiger partial charge in [0.1, 0.15) is 0 Å². The van der Waals surface area contributed by atoms with Gasteiger partial charge in [-0.25, -0.2) is 4.79 Å². The second-order valence-electron chi connectivity index (χ2n) is 5.78. The fourth-order valence-electron chi connectivity index (χ4n) is 3.37. The summed E-state index contributed by atoms with van der Waals surface area (Å²) in [7, 11) is 0. The molecule has 1 aromatic heterocycles. The Kier molecular flexibility index (Phi) is 3.19. The van der Waals surface area contributed by atoms with Crippen LogP contribution in [0.4, 0.5) is 4.79 Å². The predicted octanol–water partition coefficient (Wildman–Crippen LogP) is 3.50. The van der Waals surface area contributed by atoms with Crippen molar-refractivity contribution in [1.29, 1.82) is 0 Å². The first-order valence-corrected chi connectivity index (χ1v) is 8.38. The summed E-state index contributed by atoms with van der Waals surface area (Å²) < 4.78 is 0. The van der Waals surface area contributed by atoms with Gasteiger partial charge < -0.3 is 10.2 Å². The number of carbonyl (C=O) groups excluding carboxylic acids is 1. The van der Waals surface area contributed by atoms with Crippen LogP contribution in [0.3, 0.4) is 0 Å². The number of amides is 2. The maximum absolute atomic E-state index is 12.5. The van der Waals surface area contributed by atoms with Gasteiger partial charge in [0.05, 0.1) is 6.04 Å². The average molecular weight is 298 g/mol. The molecule has 21 heavy (non-hydrogen) atoms. The maximum atomic E-state index is 12.5. The van der Waals surface area contributed by atoms with Crippen molar-refractivity contribution in [2.24, 2.45) is 0 Å². The number of aryl methyl sites for hydroxylation is 1. The van der Waals surface area contributed by atoms with E-state index < -0.39 is 0 Å². The Hall–Kier alpha value is -1.81. The molecule has 1 aromatic carbocycles. The molecule has 0 fully saturated rings. The summed E-state index contributed by atoms with van der Waals surface area (Å²) in [5, 5.41) is 5.34. The molecule has 2 amide bonds. The van der Waals surface area contributed by atoms with Gasteiger partial charge in [0.2, 0.25) is 0 Å². The molecule has 3 nitrogen and oxygen atoms in total. The zero-order valence-electron chi connectivity index (χ0n) is 11.8. The van der Waals surface area contributed by atoms with E-state index in [1.165, 1.54) is 21.6 Å². The molecule has 2 aliphatic rings. The van der Waals surface area contributed by atoms with Crippen LogP contribution in [0.1, 0.15) is 34.0 Å². The van der Waals surface area contributed by atoms with Crippen LogP contribution in [0.2, 0.25) is 0 Å². The lowest BCUT2D eigenvalue weighted by Gasteiger charge is -2.28. The first-order chi connectivity index (χ1) is 10.3. The van der Waals surface area contributed by atoms with E-state index in [1.807, 2.05) is 4.90 Å². The number of urea groups is 1. The van der Waals surface area contributed by atoms with E-state index in [4.69, 9.17) is 0 Å². The Morgan fingerprint density at radius 1 is 1.19 bits per heavy atom. The second-order valence-corrected chi connectivity index (χ2v) is 6.78. The van der Waals surface area contributed by atoms with Gasteiger partial charge in [-0.2, -0.15) is 0 Å². The Morgan fingerprint density at radius 2 is 2.10 bits per heavy atom. The molecule has 2 heterocycles. The fraction of sp³-hybridized carbons (Fsp3) is 0.353. The third-order valence-corrected chi connectivity index (χ3v) is 5.55. The van der Waals surface area contributed by atoms with E-state index in [2.05, 4.69) is 41.0 Å². The van der Waals surface area contributed by atoms with Crippen LogP contribution >= 0.6 is 11.3 Å². The Balaban J connectivity index is 1.46. The molecule has 1 unspecified atom stereocenters. The highest BCUT2D eigenvalue weighted by molar-refractivity contribution is 7.10. The molecule has 0 saturated carbocycles. The zero-order chi connectivity index (χ0) is 14.2. The summed E-state index contributed by atoms with van der Waals surface area (Å²) in [6, 6.07) is 10.8. The number of fused-ring (bicyclic) bond motifs is 2. The van der Waals surface area contributed by atoms with Gasteiger partial charge in [0, 0.05) is 18.0 Å². The Morgan fingerprint density at radius 3 is 3.05 bits per heavy atom. The standard InChI is InChI=1S/C17H18N2OS/c20-17(19-9-7-16-13(11-19)8-10-21-16)18-15-6-5-12-3-1-2-4-14(12)15/h1-4,8,10,15H,5-7,9,11H2,(H,18,20). The van der Waals surface area contributed by atoms with E-state index in [-0.39, 0.29) is 12.1 Å². The number of hydrogen-bond donors (Lipinski definition) is 1. The summed E-state index contributed by atoms with van der Waals surface area (Å²) in [6.45, 7) is 1.58. The average Bonchev–Trinajstić information content (AvgIpc) is 3.13. The predicted molar refractivity (Wildman–Crippen MR) is 84.5 cm³/mol. The van der Waals surface area contributed by atoms with Crippen LogP contribution < -0.4 is 5.32 Å². The number of rotatable bonds is 1. The molecular formula is C17H18N2OS. The van der Waals surface area contributed by atoms with Crippen molar-refractivity contribution in [2.75, 3.05) is 6.54 Å². The highest BCUT2D eigenvalue weighted by atomic mass is 32.1. The van der Waals surface area contributed by atoms with E-state index in [0.717, 1.165) is 32.4 Å². The van der Waals surface area contributed by atoms with Gasteiger partial charge in [-0.05, 0) is 47.4 Å². The molecule has 1 aliphatic heterocycles. The largest absolute Gasteiger partial charge is 0.331 e. The summed E-state index contributed by atoms with van der Waals surface area (Å²) in [4.78, 5) is 15.9. The lowest BCUT2D eigenvalue weighted by atomic mass is 10.1. The first-order valence-electron chi connectivity index (χ1n) is 7.50. The van der Waals surface area contributed by atoms with Gasteiger partial charge in [-0.1, -0.05) is 24.3 Å². The highest BCUT2D eigenvalue weighted by Gasteiger charge is 2.27. The molecule has 108 valence electrons. The van der Waals surface area contributed by atoms with Crippen LogP contribution in [-0.4, -0.2) is 17.5 Å². The summed E-state index contributed by atoms with van der Waals surface area (Å²) >= 11 is 1.80. The van der Waals surface area contributed by atoms with E-state index in [1.54, 1.807) is 11.3 Å². The molecule has 1 atom stereocenters. The number of carbonyl (C=O) groups is 1. The maximum Gasteiger partial charge on any atom is 0.318 e. The van der Waals surface area contributed by atoms with Crippen LogP contribution in [0.15, 0.2) is 35.7 Å². The number of benzene rings is 1. The van der Waals surface area contributed by atoms with Gasteiger partial charge >= 0.3 is 6.03 Å². The molecule has 0 radical (unpaired) electrons. The number of thiophene rings is 1. The van der Waals surface area contributed by atoms with E-state index in [9.17, 15) is 4.79 Å². The zero-order valence-corrected chi connectivity index (χ0v) is 12.7. The van der Waals surface area contributed by atoms with Crippen molar-refractivity contribution >= 4 is 17.4 Å². The molecular weight excluding hydrogens is 280 g/mol. The van der Waals surface area contributed by atoms with Gasteiger partial charge in [-0.15, -0.1) is 11.3 Å². The number of nitrogens with zero attached hydrogens (tertiary/aromatic N) is 1. The second kappa shape index (κ2) is 5.19. The quantitative estimate of drug-likeness (QED) is 0.858. The van der Waals surface area contributed by atoms with Gasteiger partial charge in [-0.3, -0.25) is 0 Å². The Bertz CT molecular complexity index is 679. The molecule has 0 spiro atoms. The van der Waals surface area contributed by atoms with Crippen molar-refractivity contribution in [3.63, 3.8) is 0 Å². The van der Waals surface area contributed by atoms with Crippen LogP contribution in [-0.2, 0) is 19.4 Å². The minimum Gasteiger partial charge on any atom is -0.331 e. The van der Waals surface area contributed by atoms with Crippen molar-refractivity contribution in [3.05, 3.63) is 57.3 Å². The number of hydrogen-bond acceptors (Lipinski definition) is 2. The van der Waals surface area contributed by atoms with E-state index in [0.29, 0.717) is 0 Å². The highest BCUT2D eigenvalue weighted by Crippen LogP contribution is 2.31. The molecule has 4 rings (SSSR count). The monoisotopic (exact) mass is 298 g/mol. The van der Waals surface area contributed by atoms with Gasteiger partial charge in [0.25, 0.3) is 0 Å². The van der Waals surface area contributed by atoms with Crippen molar-refractivity contribution in [1.82, 2.24) is 10.2 Å². The molecule has 1 N–H and O–H groups in total. The molecule has 0 bridgehead atoms. The molecule has 2 aromatic rings. The smallest absolute Gasteiger partial charge is 0.318 e. The third kappa shape index (κ3) is 2.33. The fourth-order valence-corrected chi connectivity index (χ4v) is 4.26. The summed E-state index contributed by atoms with van der Waals surface area (Å²) in [6.07, 6.45) is 3.07. The molecule has 0 saturated heterocycles. The minimum absolute atomic E-state index is 0.0774. The lowest BCUT2D eigenvalue weighted by Crippen LogP contribution is -2.43. The SMILES string of the molecule is O=C(NC1CCc2ccccc21)N1CCc2sccc2C1. The normalized spacial score (nSPS) is 20.0. The molecule has 1 aliphatic carbocycles. The summed E-state index contributed by atoms with van der Waals surface area (Å²) in [5.41, 5.74) is 3.98. The van der Waals surface area contributed by atoms with Crippen molar-refractivity contribution in [3.8, 4) is 0 Å². The summed E-state index contributed by atoms with van der Waals surface area (Å²) in [5.74, 6) is 0. The Labute approximate surface area is 128 Å². The van der Waals surface area contributed by atoms with Gasteiger partial charge in [0.15, 0.2) is 0 Å². The number of nitrogens with one attached hydrogen (secondary N) is 1. The first kappa shape index (κ1) is 12.9. The topological polar surface area (TPSA) is 32.3 Å². The van der Waals surface area contributed by atoms with Crippen LogP contribution in [0.5, 0.6) is 0 Å². The molecule has 4 heteroatoms.